The van der Waals surface area contributed by atoms with Crippen LogP contribution in [0.4, 0.5) is 4.79 Å². The van der Waals surface area contributed by atoms with Crippen LogP contribution in [-0.4, -0.2) is 23.6 Å². The predicted molar refractivity (Wildman–Crippen MR) is 109 cm³/mol. The zero-order valence-corrected chi connectivity index (χ0v) is 17.3. The van der Waals surface area contributed by atoms with E-state index in [4.69, 9.17) is 13.9 Å². The van der Waals surface area contributed by atoms with Gasteiger partial charge in [-0.2, -0.15) is 0 Å². The van der Waals surface area contributed by atoms with Crippen LogP contribution in [0.25, 0.3) is 11.0 Å². The van der Waals surface area contributed by atoms with E-state index in [0.29, 0.717) is 33.6 Å². The Bertz CT molecular complexity index is 1290. The molecule has 30 heavy (non-hydrogen) atoms. The van der Waals surface area contributed by atoms with E-state index in [2.05, 4.69) is 21.2 Å². The molecule has 3 aromatic rings. The average Bonchev–Trinajstić information content (AvgIpc) is 3.25. The van der Waals surface area contributed by atoms with Gasteiger partial charge in [-0.15, -0.1) is 0 Å². The second-order valence-electron chi connectivity index (χ2n) is 7.25. The molecule has 2 aliphatic rings. The van der Waals surface area contributed by atoms with Gasteiger partial charge in [-0.3, -0.25) is 9.69 Å². The highest BCUT2D eigenvalue weighted by molar-refractivity contribution is 9.10. The molecule has 2 aliphatic heterocycles. The number of carbonyl (C=O) groups is 2. The Morgan fingerprint density at radius 2 is 1.87 bits per heavy atom. The van der Waals surface area contributed by atoms with Gasteiger partial charge >= 0.3 is 11.7 Å². The van der Waals surface area contributed by atoms with Crippen molar-refractivity contribution in [1.29, 1.82) is 0 Å². The lowest BCUT2D eigenvalue weighted by atomic mass is 9.91. The fraction of sp³-hybridized carbons (Fsp3) is 0.190. The lowest BCUT2D eigenvalue weighted by molar-refractivity contribution is -0.131. The Kier molecular flexibility index (Phi) is 4.11. The summed E-state index contributed by atoms with van der Waals surface area (Å²) in [6.45, 7) is 1.69. The molecule has 1 aromatic heterocycles. The number of ether oxygens (including phenoxy) is 2. The van der Waals surface area contributed by atoms with Crippen LogP contribution in [0, 0.1) is 0 Å². The third-order valence-electron chi connectivity index (χ3n) is 5.35. The summed E-state index contributed by atoms with van der Waals surface area (Å²) in [7, 11) is 0. The van der Waals surface area contributed by atoms with Crippen LogP contribution < -0.4 is 20.4 Å². The number of carbonyl (C=O) groups excluding carboxylic acids is 2. The Balaban J connectivity index is 1.51. The molecule has 0 saturated carbocycles. The molecule has 3 amide bonds. The SMILES string of the molecule is C[C@@]1(c2ccc3c(c2)OCO3)NC(=O)N(Cc2cc(=O)oc3cc(Br)ccc23)C1=O. The lowest BCUT2D eigenvalue weighted by Gasteiger charge is -2.22. The van der Waals surface area contributed by atoms with Crippen molar-refractivity contribution in [3.05, 3.63) is 68.5 Å². The number of urea groups is 1. The molecule has 8 nitrogen and oxygen atoms in total. The van der Waals surface area contributed by atoms with Gasteiger partial charge in [-0.1, -0.05) is 22.0 Å². The first-order valence-corrected chi connectivity index (χ1v) is 9.91. The first kappa shape index (κ1) is 18.7. The van der Waals surface area contributed by atoms with E-state index in [1.807, 2.05) is 0 Å². The maximum Gasteiger partial charge on any atom is 0.336 e. The molecule has 0 aliphatic carbocycles. The van der Waals surface area contributed by atoms with E-state index in [0.717, 1.165) is 9.37 Å². The van der Waals surface area contributed by atoms with Crippen molar-refractivity contribution in [2.24, 2.45) is 0 Å². The Morgan fingerprint density at radius 1 is 1.07 bits per heavy atom. The van der Waals surface area contributed by atoms with Crippen LogP contribution in [0.5, 0.6) is 11.5 Å². The van der Waals surface area contributed by atoms with Crippen LogP contribution in [0.3, 0.4) is 0 Å². The summed E-state index contributed by atoms with van der Waals surface area (Å²) in [5.74, 6) is 0.681. The molecule has 0 radical (unpaired) electrons. The van der Waals surface area contributed by atoms with E-state index in [1.54, 1.807) is 43.3 Å². The molecule has 1 fully saturated rings. The van der Waals surface area contributed by atoms with Gasteiger partial charge in [0.25, 0.3) is 5.91 Å². The van der Waals surface area contributed by atoms with E-state index >= 15 is 0 Å². The lowest BCUT2D eigenvalue weighted by Crippen LogP contribution is -2.40. The highest BCUT2D eigenvalue weighted by atomic mass is 79.9. The number of hydrogen-bond acceptors (Lipinski definition) is 6. The van der Waals surface area contributed by atoms with Crippen LogP contribution in [-0.2, 0) is 16.9 Å². The molecule has 9 heteroatoms. The van der Waals surface area contributed by atoms with E-state index in [9.17, 15) is 14.4 Å². The Hall–Kier alpha value is -3.33. The highest BCUT2D eigenvalue weighted by Crippen LogP contribution is 2.38. The number of hydrogen-bond donors (Lipinski definition) is 1. The molecular formula is C21H15BrN2O6. The number of fused-ring (bicyclic) bond motifs is 2. The fourth-order valence-electron chi connectivity index (χ4n) is 3.75. The minimum Gasteiger partial charge on any atom is -0.454 e. The number of amides is 3. The van der Waals surface area contributed by atoms with Gasteiger partial charge in [-0.25, -0.2) is 9.59 Å². The third-order valence-corrected chi connectivity index (χ3v) is 5.84. The van der Waals surface area contributed by atoms with Gasteiger partial charge in [0.2, 0.25) is 6.79 Å². The summed E-state index contributed by atoms with van der Waals surface area (Å²) in [6.07, 6.45) is 0. The van der Waals surface area contributed by atoms with Gasteiger partial charge in [-0.05, 0) is 48.4 Å². The second kappa shape index (κ2) is 6.60. The zero-order chi connectivity index (χ0) is 21.0. The molecule has 1 N–H and O–H groups in total. The maximum atomic E-state index is 13.3. The van der Waals surface area contributed by atoms with Gasteiger partial charge in [0.15, 0.2) is 11.5 Å². The van der Waals surface area contributed by atoms with Gasteiger partial charge < -0.3 is 19.2 Å². The molecule has 3 heterocycles. The Labute approximate surface area is 178 Å². The molecule has 2 aromatic carbocycles. The minimum atomic E-state index is -1.27. The van der Waals surface area contributed by atoms with Crippen molar-refractivity contribution in [3.63, 3.8) is 0 Å². The van der Waals surface area contributed by atoms with Gasteiger partial charge in [0.1, 0.15) is 11.1 Å². The van der Waals surface area contributed by atoms with Crippen molar-refractivity contribution in [2.75, 3.05) is 6.79 Å². The number of halogens is 1. The average molecular weight is 471 g/mol. The standard InChI is InChI=1S/C21H15BrN2O6/c1-21(12-2-5-15-17(7-12)29-10-28-15)19(26)24(20(27)23-21)9-11-6-18(25)30-16-8-13(22)3-4-14(11)16/h2-8H,9-10H2,1H3,(H,23,27)/t21-/m0/s1. The first-order valence-electron chi connectivity index (χ1n) is 9.12. The van der Waals surface area contributed by atoms with Crippen molar-refractivity contribution >= 4 is 38.8 Å². The molecule has 0 spiro atoms. The second-order valence-corrected chi connectivity index (χ2v) is 8.16. The normalized spacial score (nSPS) is 20.1. The predicted octanol–water partition coefficient (Wildman–Crippen LogP) is 3.25. The summed E-state index contributed by atoms with van der Waals surface area (Å²) in [4.78, 5) is 39.1. The van der Waals surface area contributed by atoms with E-state index in [1.165, 1.54) is 6.07 Å². The van der Waals surface area contributed by atoms with Crippen molar-refractivity contribution in [3.8, 4) is 11.5 Å². The zero-order valence-electron chi connectivity index (χ0n) is 15.7. The fourth-order valence-corrected chi connectivity index (χ4v) is 4.09. The molecule has 152 valence electrons. The molecule has 0 unspecified atom stereocenters. The van der Waals surface area contributed by atoms with Gasteiger partial charge in [0, 0.05) is 15.9 Å². The van der Waals surface area contributed by atoms with Crippen LogP contribution >= 0.6 is 15.9 Å². The smallest absolute Gasteiger partial charge is 0.336 e. The first-order chi connectivity index (χ1) is 14.3. The highest BCUT2D eigenvalue weighted by Gasteiger charge is 2.49. The number of rotatable bonds is 3. The van der Waals surface area contributed by atoms with Crippen molar-refractivity contribution in [2.45, 2.75) is 19.0 Å². The number of benzene rings is 2. The van der Waals surface area contributed by atoms with E-state index < -0.39 is 23.1 Å². The molecule has 5 rings (SSSR count). The summed E-state index contributed by atoms with van der Waals surface area (Å²) >= 11 is 3.34. The summed E-state index contributed by atoms with van der Waals surface area (Å²) < 4.78 is 16.7. The molecular weight excluding hydrogens is 456 g/mol. The Morgan fingerprint density at radius 3 is 2.70 bits per heavy atom. The van der Waals surface area contributed by atoms with Crippen molar-refractivity contribution in [1.82, 2.24) is 10.2 Å². The number of imide groups is 1. The van der Waals surface area contributed by atoms with Crippen molar-refractivity contribution < 1.29 is 23.5 Å². The quantitative estimate of drug-likeness (QED) is 0.465. The maximum absolute atomic E-state index is 13.3. The number of nitrogens with zero attached hydrogens (tertiary/aromatic N) is 1. The van der Waals surface area contributed by atoms with Crippen LogP contribution in [0.2, 0.25) is 0 Å². The molecule has 1 atom stereocenters. The summed E-state index contributed by atoms with van der Waals surface area (Å²) in [5.41, 5.74) is -0.351. The molecule has 0 bridgehead atoms. The van der Waals surface area contributed by atoms with E-state index in [-0.39, 0.29) is 13.3 Å². The third kappa shape index (κ3) is 2.85. The monoisotopic (exact) mass is 470 g/mol. The molecule has 1 saturated heterocycles. The minimum absolute atomic E-state index is 0.0610. The van der Waals surface area contributed by atoms with Crippen LogP contribution in [0.15, 0.2) is 56.1 Å². The summed E-state index contributed by atoms with van der Waals surface area (Å²) in [6, 6.07) is 11.1. The topological polar surface area (TPSA) is 98.1 Å². The van der Waals surface area contributed by atoms with Gasteiger partial charge in [0.05, 0.1) is 6.54 Å². The number of nitrogens with one attached hydrogen (secondary N) is 1. The van der Waals surface area contributed by atoms with Crippen LogP contribution in [0.1, 0.15) is 18.1 Å². The summed E-state index contributed by atoms with van der Waals surface area (Å²) in [5, 5.41) is 3.41. The largest absolute Gasteiger partial charge is 0.454 e.